The smallest absolute Gasteiger partial charge is 0.0802 e. The summed E-state index contributed by atoms with van der Waals surface area (Å²) < 4.78 is 0. The number of benzene rings is 1. The normalized spacial score (nSPS) is 20.0. The van der Waals surface area contributed by atoms with Crippen LogP contribution in [0.5, 0.6) is 0 Å². The standard InChI is InChI=1S/C18H29NO/c1-18(2,3)16-9-12-19(13-10-16)14-11-17(20)15-7-5-4-6-8-15/h4-8,16-17,20H,9-14H2,1-3H3. The van der Waals surface area contributed by atoms with Gasteiger partial charge in [-0.1, -0.05) is 51.1 Å². The summed E-state index contributed by atoms with van der Waals surface area (Å²) in [6, 6.07) is 10.0. The van der Waals surface area contributed by atoms with Gasteiger partial charge in [-0.05, 0) is 49.2 Å². The molecular weight excluding hydrogens is 246 g/mol. The van der Waals surface area contributed by atoms with Crippen LogP contribution in [0.25, 0.3) is 0 Å². The minimum atomic E-state index is -0.323. The van der Waals surface area contributed by atoms with Gasteiger partial charge in [-0.15, -0.1) is 0 Å². The molecule has 0 amide bonds. The Hall–Kier alpha value is -0.860. The molecule has 1 saturated heterocycles. The fraction of sp³-hybridized carbons (Fsp3) is 0.667. The number of aliphatic hydroxyl groups is 1. The molecule has 1 aliphatic rings. The van der Waals surface area contributed by atoms with Crippen molar-refractivity contribution in [2.45, 2.75) is 46.1 Å². The molecule has 0 aliphatic carbocycles. The zero-order valence-corrected chi connectivity index (χ0v) is 13.2. The summed E-state index contributed by atoms with van der Waals surface area (Å²) in [4.78, 5) is 2.51. The van der Waals surface area contributed by atoms with Gasteiger partial charge in [-0.2, -0.15) is 0 Å². The third kappa shape index (κ3) is 4.32. The molecule has 0 spiro atoms. The maximum absolute atomic E-state index is 10.2. The van der Waals surface area contributed by atoms with Gasteiger partial charge in [0, 0.05) is 6.54 Å². The van der Waals surface area contributed by atoms with E-state index in [2.05, 4.69) is 25.7 Å². The summed E-state index contributed by atoms with van der Waals surface area (Å²) in [5, 5.41) is 10.2. The molecule has 2 nitrogen and oxygen atoms in total. The number of hydrogen-bond donors (Lipinski definition) is 1. The van der Waals surface area contributed by atoms with E-state index in [4.69, 9.17) is 0 Å². The lowest BCUT2D eigenvalue weighted by Crippen LogP contribution is -2.38. The molecule has 1 N–H and O–H groups in total. The highest BCUT2D eigenvalue weighted by atomic mass is 16.3. The van der Waals surface area contributed by atoms with Crippen molar-refractivity contribution in [3.8, 4) is 0 Å². The Labute approximate surface area is 123 Å². The molecule has 1 atom stereocenters. The van der Waals surface area contributed by atoms with E-state index in [1.165, 1.54) is 25.9 Å². The van der Waals surface area contributed by atoms with Crippen LogP contribution in [0, 0.1) is 11.3 Å². The Morgan fingerprint density at radius 3 is 2.30 bits per heavy atom. The zero-order valence-electron chi connectivity index (χ0n) is 13.2. The van der Waals surface area contributed by atoms with Crippen molar-refractivity contribution in [1.29, 1.82) is 0 Å². The van der Waals surface area contributed by atoms with Gasteiger partial charge >= 0.3 is 0 Å². The topological polar surface area (TPSA) is 23.5 Å². The summed E-state index contributed by atoms with van der Waals surface area (Å²) in [5.74, 6) is 0.845. The number of nitrogens with zero attached hydrogens (tertiary/aromatic N) is 1. The first-order valence-electron chi connectivity index (χ1n) is 7.92. The van der Waals surface area contributed by atoms with Crippen molar-refractivity contribution < 1.29 is 5.11 Å². The van der Waals surface area contributed by atoms with Crippen molar-refractivity contribution in [1.82, 2.24) is 4.90 Å². The van der Waals surface area contributed by atoms with Crippen LogP contribution in [-0.2, 0) is 0 Å². The average Bonchev–Trinajstić information content (AvgIpc) is 2.45. The first-order valence-corrected chi connectivity index (χ1v) is 7.92. The maximum Gasteiger partial charge on any atom is 0.0802 e. The quantitative estimate of drug-likeness (QED) is 0.901. The van der Waals surface area contributed by atoms with Crippen molar-refractivity contribution in [2.24, 2.45) is 11.3 Å². The van der Waals surface area contributed by atoms with E-state index >= 15 is 0 Å². The second kappa shape index (κ2) is 6.73. The minimum absolute atomic E-state index is 0.323. The first-order chi connectivity index (χ1) is 9.47. The van der Waals surface area contributed by atoms with Gasteiger partial charge in [-0.25, -0.2) is 0 Å². The Bertz CT molecular complexity index is 388. The molecule has 1 aromatic carbocycles. The van der Waals surface area contributed by atoms with Gasteiger partial charge in [0.25, 0.3) is 0 Å². The molecular formula is C18H29NO. The predicted molar refractivity (Wildman–Crippen MR) is 84.6 cm³/mol. The fourth-order valence-corrected chi connectivity index (χ4v) is 3.17. The van der Waals surface area contributed by atoms with Crippen LogP contribution in [0.4, 0.5) is 0 Å². The summed E-state index contributed by atoms with van der Waals surface area (Å²) in [5.41, 5.74) is 1.48. The molecule has 112 valence electrons. The molecule has 0 saturated carbocycles. The van der Waals surface area contributed by atoms with E-state index in [1.807, 2.05) is 30.3 Å². The van der Waals surface area contributed by atoms with Crippen LogP contribution < -0.4 is 0 Å². The van der Waals surface area contributed by atoms with E-state index in [9.17, 15) is 5.11 Å². The lowest BCUT2D eigenvalue weighted by atomic mass is 9.75. The summed E-state index contributed by atoms with van der Waals surface area (Å²) >= 11 is 0. The number of aliphatic hydroxyl groups excluding tert-OH is 1. The van der Waals surface area contributed by atoms with E-state index < -0.39 is 0 Å². The molecule has 1 aliphatic heterocycles. The van der Waals surface area contributed by atoms with Gasteiger partial charge < -0.3 is 10.0 Å². The molecule has 0 bridgehead atoms. The van der Waals surface area contributed by atoms with Gasteiger partial charge in [0.05, 0.1) is 6.10 Å². The molecule has 1 fully saturated rings. The third-order valence-corrected chi connectivity index (χ3v) is 4.72. The summed E-state index contributed by atoms with van der Waals surface area (Å²) in [6.07, 6.45) is 3.11. The minimum Gasteiger partial charge on any atom is -0.388 e. The Kier molecular flexibility index (Phi) is 5.22. The van der Waals surface area contributed by atoms with Crippen molar-refractivity contribution >= 4 is 0 Å². The van der Waals surface area contributed by atoms with Gasteiger partial charge in [0.15, 0.2) is 0 Å². The van der Waals surface area contributed by atoms with Crippen molar-refractivity contribution in [3.63, 3.8) is 0 Å². The average molecular weight is 275 g/mol. The van der Waals surface area contributed by atoms with E-state index in [0.29, 0.717) is 5.41 Å². The molecule has 2 rings (SSSR count). The van der Waals surface area contributed by atoms with Crippen molar-refractivity contribution in [2.75, 3.05) is 19.6 Å². The second-order valence-corrected chi connectivity index (χ2v) is 7.20. The van der Waals surface area contributed by atoms with Crippen LogP contribution in [0.1, 0.15) is 51.7 Å². The molecule has 20 heavy (non-hydrogen) atoms. The van der Waals surface area contributed by atoms with Crippen LogP contribution in [0.2, 0.25) is 0 Å². The van der Waals surface area contributed by atoms with Crippen LogP contribution in [0.3, 0.4) is 0 Å². The van der Waals surface area contributed by atoms with Crippen molar-refractivity contribution in [3.05, 3.63) is 35.9 Å². The highest BCUT2D eigenvalue weighted by molar-refractivity contribution is 5.17. The van der Waals surface area contributed by atoms with Gasteiger partial charge in [-0.3, -0.25) is 0 Å². The second-order valence-electron chi connectivity index (χ2n) is 7.20. The summed E-state index contributed by atoms with van der Waals surface area (Å²) in [7, 11) is 0. The number of piperidine rings is 1. The number of likely N-dealkylation sites (tertiary alicyclic amines) is 1. The van der Waals surface area contributed by atoms with E-state index in [0.717, 1.165) is 24.4 Å². The van der Waals surface area contributed by atoms with Crippen LogP contribution in [-0.4, -0.2) is 29.6 Å². The SMILES string of the molecule is CC(C)(C)C1CCN(CCC(O)c2ccccc2)CC1. The molecule has 1 unspecified atom stereocenters. The Morgan fingerprint density at radius 2 is 1.75 bits per heavy atom. The van der Waals surface area contributed by atoms with E-state index in [-0.39, 0.29) is 6.10 Å². The highest BCUT2D eigenvalue weighted by Gasteiger charge is 2.28. The lowest BCUT2D eigenvalue weighted by Gasteiger charge is -2.39. The van der Waals surface area contributed by atoms with Crippen LogP contribution >= 0.6 is 0 Å². The molecule has 1 heterocycles. The molecule has 2 heteroatoms. The van der Waals surface area contributed by atoms with Crippen LogP contribution in [0.15, 0.2) is 30.3 Å². The van der Waals surface area contributed by atoms with Gasteiger partial charge in [0.1, 0.15) is 0 Å². The summed E-state index contributed by atoms with van der Waals surface area (Å²) in [6.45, 7) is 10.4. The van der Waals surface area contributed by atoms with Gasteiger partial charge in [0.2, 0.25) is 0 Å². The maximum atomic E-state index is 10.2. The highest BCUT2D eigenvalue weighted by Crippen LogP contribution is 2.34. The molecule has 0 aromatic heterocycles. The Balaban J connectivity index is 1.74. The predicted octanol–water partition coefficient (Wildman–Crippen LogP) is 3.87. The fourth-order valence-electron chi connectivity index (χ4n) is 3.17. The zero-order chi connectivity index (χ0) is 14.6. The first kappa shape index (κ1) is 15.5. The third-order valence-electron chi connectivity index (χ3n) is 4.72. The molecule has 0 radical (unpaired) electrons. The monoisotopic (exact) mass is 275 g/mol. The Morgan fingerprint density at radius 1 is 1.15 bits per heavy atom. The van der Waals surface area contributed by atoms with E-state index in [1.54, 1.807) is 0 Å². The lowest BCUT2D eigenvalue weighted by molar-refractivity contribution is 0.0915. The largest absolute Gasteiger partial charge is 0.388 e. The molecule has 1 aromatic rings. The number of hydrogen-bond acceptors (Lipinski definition) is 2. The number of rotatable bonds is 4.